The van der Waals surface area contributed by atoms with Crippen molar-refractivity contribution in [2.24, 2.45) is 29.1 Å². The second kappa shape index (κ2) is 12.5. The number of nitrogen functional groups attached to an aromatic ring is 1. The van der Waals surface area contributed by atoms with Gasteiger partial charge in [0.25, 0.3) is 0 Å². The van der Waals surface area contributed by atoms with Crippen LogP contribution in [-0.2, 0) is 4.79 Å². The Balaban J connectivity index is 1.04. The van der Waals surface area contributed by atoms with Gasteiger partial charge in [0.1, 0.15) is 29.9 Å². The number of thiazole rings is 1. The van der Waals surface area contributed by atoms with E-state index < -0.39 is 23.3 Å². The number of alkyl halides is 1. The molecule has 2 aromatic heterocycles. The smallest absolute Gasteiger partial charge is 0.319 e. The largest absolute Gasteiger partial charge is 0.461 e. The van der Waals surface area contributed by atoms with Gasteiger partial charge >= 0.3 is 6.01 Å². The lowest BCUT2D eigenvalue weighted by Crippen LogP contribution is -2.55. The van der Waals surface area contributed by atoms with Crippen molar-refractivity contribution in [2.75, 3.05) is 56.5 Å². The number of hydrogen-bond acceptors (Lipinski definition) is 10. The van der Waals surface area contributed by atoms with E-state index in [0.717, 1.165) is 62.8 Å². The molecule has 6 aliphatic rings. The zero-order valence-electron chi connectivity index (χ0n) is 29.7. The number of rotatable bonds is 6. The minimum absolute atomic E-state index is 0.00116. The fourth-order valence-electron chi connectivity index (χ4n) is 11.3. The summed E-state index contributed by atoms with van der Waals surface area (Å²) >= 11 is 7.93. The molecule has 2 aliphatic carbocycles. The van der Waals surface area contributed by atoms with Crippen LogP contribution in [0.5, 0.6) is 6.01 Å². The fraction of sp³-hybridized carbons (Fsp3) is 0.564. The number of nitriles is 1. The molecule has 2 aromatic carbocycles. The Morgan fingerprint density at radius 2 is 1.96 bits per heavy atom. The van der Waals surface area contributed by atoms with Crippen molar-refractivity contribution in [3.05, 3.63) is 34.9 Å². The molecule has 4 saturated heterocycles. The van der Waals surface area contributed by atoms with E-state index in [2.05, 4.69) is 25.8 Å². The van der Waals surface area contributed by atoms with Gasteiger partial charge in [-0.1, -0.05) is 22.9 Å². The van der Waals surface area contributed by atoms with Gasteiger partial charge < -0.3 is 20.3 Å². The number of hydrogen-bond donors (Lipinski definition) is 1. The van der Waals surface area contributed by atoms with Crippen LogP contribution in [0.2, 0.25) is 5.02 Å². The Hall–Kier alpha value is -3.93. The van der Waals surface area contributed by atoms with Gasteiger partial charge in [-0.05, 0) is 87.4 Å². The summed E-state index contributed by atoms with van der Waals surface area (Å²) in [7, 11) is 0. The van der Waals surface area contributed by atoms with E-state index in [0.29, 0.717) is 67.7 Å². The fourth-order valence-corrected chi connectivity index (χ4v) is 12.3. The van der Waals surface area contributed by atoms with Crippen molar-refractivity contribution in [1.82, 2.24) is 24.8 Å². The summed E-state index contributed by atoms with van der Waals surface area (Å²) in [5.74, 6) is 0.291. The number of carbonyl (C=O) groups is 1. The van der Waals surface area contributed by atoms with Gasteiger partial charge in [0, 0.05) is 55.7 Å². The first kappa shape index (κ1) is 34.6. The molecular weight excluding hydrogens is 737 g/mol. The molecule has 2 saturated carbocycles. The number of nitrogens with two attached hydrogens (primary N) is 1. The van der Waals surface area contributed by atoms with Crippen LogP contribution in [0.4, 0.5) is 24.1 Å². The third kappa shape index (κ3) is 5.20. The molecule has 10 nitrogen and oxygen atoms in total. The molecule has 2 bridgehead atoms. The Kier molecular flexibility index (Phi) is 8.03. The normalized spacial score (nSPS) is 31.8. The van der Waals surface area contributed by atoms with E-state index in [-0.39, 0.29) is 67.2 Å². The first-order valence-electron chi connectivity index (χ1n) is 19.1. The summed E-state index contributed by atoms with van der Waals surface area (Å²) in [6, 6.07) is 6.72. The van der Waals surface area contributed by atoms with Gasteiger partial charge in [-0.3, -0.25) is 9.69 Å². The number of amides is 1. The molecule has 4 unspecified atom stereocenters. The molecule has 282 valence electrons. The highest BCUT2D eigenvalue weighted by Crippen LogP contribution is 2.65. The predicted octanol–water partition coefficient (Wildman–Crippen LogP) is 6.99. The number of halogens is 4. The highest BCUT2D eigenvalue weighted by atomic mass is 35.5. The van der Waals surface area contributed by atoms with Crippen LogP contribution in [-0.4, -0.2) is 88.2 Å². The Morgan fingerprint density at radius 1 is 1.09 bits per heavy atom. The number of aromatic nitrogens is 3. The Labute approximate surface area is 319 Å². The zero-order valence-corrected chi connectivity index (χ0v) is 31.2. The summed E-state index contributed by atoms with van der Waals surface area (Å²) in [5, 5.41) is 10.1. The van der Waals surface area contributed by atoms with Crippen LogP contribution < -0.4 is 15.4 Å². The highest BCUT2D eigenvalue weighted by Gasteiger charge is 2.64. The molecule has 1 amide bonds. The van der Waals surface area contributed by atoms with Crippen LogP contribution in [0.3, 0.4) is 0 Å². The van der Waals surface area contributed by atoms with Crippen LogP contribution in [0.25, 0.3) is 32.2 Å². The van der Waals surface area contributed by atoms with Crippen molar-refractivity contribution in [3.63, 3.8) is 0 Å². The minimum atomic E-state index is -0.938. The molecule has 0 radical (unpaired) electrons. The van der Waals surface area contributed by atoms with Crippen LogP contribution in [0.1, 0.15) is 51.4 Å². The van der Waals surface area contributed by atoms with Gasteiger partial charge in [0.15, 0.2) is 10.9 Å². The molecule has 7 atom stereocenters. The molecule has 6 fully saturated rings. The average Bonchev–Trinajstić information content (AvgIpc) is 3.96. The van der Waals surface area contributed by atoms with Crippen LogP contribution in [0, 0.1) is 52.1 Å². The van der Waals surface area contributed by atoms with E-state index in [4.69, 9.17) is 27.1 Å². The van der Waals surface area contributed by atoms with Crippen molar-refractivity contribution in [2.45, 2.75) is 63.1 Å². The monoisotopic (exact) mass is 776 g/mol. The lowest BCUT2D eigenvalue weighted by molar-refractivity contribution is -0.156. The van der Waals surface area contributed by atoms with Crippen molar-refractivity contribution >= 4 is 60.9 Å². The topological polar surface area (TPSA) is 124 Å². The van der Waals surface area contributed by atoms with Gasteiger partial charge in [-0.25, -0.2) is 18.2 Å². The average molecular weight is 777 g/mol. The summed E-state index contributed by atoms with van der Waals surface area (Å²) in [6.07, 6.45) is 5.28. The maximum Gasteiger partial charge on any atom is 0.319 e. The quantitative estimate of drug-likeness (QED) is 0.221. The second-order valence-corrected chi connectivity index (χ2v) is 18.0. The third-order valence-electron chi connectivity index (χ3n) is 13.6. The number of benzene rings is 2. The minimum Gasteiger partial charge on any atom is -0.461 e. The second-order valence-electron chi connectivity index (χ2n) is 16.6. The molecule has 0 spiro atoms. The molecule has 10 rings (SSSR count). The lowest BCUT2D eigenvalue weighted by Gasteiger charge is -2.52. The van der Waals surface area contributed by atoms with Crippen LogP contribution in [0.15, 0.2) is 18.2 Å². The van der Waals surface area contributed by atoms with Gasteiger partial charge in [-0.2, -0.15) is 15.2 Å². The molecule has 4 aliphatic heterocycles. The summed E-state index contributed by atoms with van der Waals surface area (Å²) < 4.78 is 53.2. The summed E-state index contributed by atoms with van der Waals surface area (Å²) in [4.78, 5) is 34.3. The predicted molar refractivity (Wildman–Crippen MR) is 200 cm³/mol. The van der Waals surface area contributed by atoms with E-state index >= 15 is 4.39 Å². The molecule has 54 heavy (non-hydrogen) atoms. The molecule has 15 heteroatoms. The Morgan fingerprint density at radius 3 is 2.80 bits per heavy atom. The first-order chi connectivity index (χ1) is 26.1. The number of ether oxygens (including phenoxy) is 1. The van der Waals surface area contributed by atoms with E-state index in [1.165, 1.54) is 12.1 Å². The maximum absolute atomic E-state index is 17.2. The maximum atomic E-state index is 17.2. The van der Waals surface area contributed by atoms with Crippen LogP contribution >= 0.6 is 22.9 Å². The zero-order chi connectivity index (χ0) is 37.1. The summed E-state index contributed by atoms with van der Waals surface area (Å²) in [5.41, 5.74) is 5.66. The van der Waals surface area contributed by atoms with E-state index in [1.807, 2.05) is 4.90 Å². The van der Waals surface area contributed by atoms with Crippen molar-refractivity contribution in [1.29, 1.82) is 5.26 Å². The number of carbonyl (C=O) groups excluding carboxylic acids is 1. The molecular formula is C39H40ClF3N8O2S. The number of fused-ring (bicyclic) bond motifs is 4. The van der Waals surface area contributed by atoms with Gasteiger partial charge in [0.05, 0.1) is 38.2 Å². The highest BCUT2D eigenvalue weighted by molar-refractivity contribution is 7.22. The van der Waals surface area contributed by atoms with Gasteiger partial charge in [0.2, 0.25) is 5.91 Å². The van der Waals surface area contributed by atoms with E-state index in [9.17, 15) is 18.8 Å². The standard InChI is InChI=1S/C39H40ClF3N8O2S/c40-27-11-25-31(30(43)29(27)24-2-3-28(42)33-32(24)46-36(45)54-33)47-37(53-19-38-6-1-7-51(38)18-23(41)14-38)48-34(25)49-9-5-22-13-39(12-21(17-49)10-26(22)39)35(52)50-8-4-20(15-44)16-50/h2-3,11,20-23,26H,1,4-10,12-14,16-19H2,(H2,45,46)/t20-,21?,22?,23+,26?,38-,39?/m0/s1. The van der Waals surface area contributed by atoms with Crippen molar-refractivity contribution < 1.29 is 22.7 Å². The first-order valence-corrected chi connectivity index (χ1v) is 20.3. The molecule has 6 heterocycles. The Bertz CT molecular complexity index is 2270. The SMILES string of the molecule is N#C[C@@H]1CCN(C(=O)C23CC4CC2C(CCN(c2nc(OC[C@@]56CCCN5C[C@H](F)C6)nc5c(F)c(-c6ccc(F)c7sc(N)nc67)c(Cl)cc25)C4)C3)C1. The number of nitrogens with zero attached hydrogens (tertiary/aromatic N) is 7. The van der Waals surface area contributed by atoms with Gasteiger partial charge in [-0.15, -0.1) is 0 Å². The third-order valence-corrected chi connectivity index (χ3v) is 14.8. The summed E-state index contributed by atoms with van der Waals surface area (Å²) in [6.45, 7) is 3.76. The number of likely N-dealkylation sites (tertiary alicyclic amines) is 1. The lowest BCUT2D eigenvalue weighted by atomic mass is 9.54. The molecule has 2 N–H and O–H groups in total. The van der Waals surface area contributed by atoms with E-state index in [1.54, 1.807) is 6.07 Å². The van der Waals surface area contributed by atoms with Crippen molar-refractivity contribution in [3.8, 4) is 23.2 Å². The molecule has 4 aromatic rings. The number of anilines is 2.